The minimum absolute atomic E-state index is 0.0174. The molecule has 1 amide bonds. The van der Waals surface area contributed by atoms with Gasteiger partial charge in [-0.15, -0.1) is 0 Å². The van der Waals surface area contributed by atoms with Crippen molar-refractivity contribution in [2.24, 2.45) is 0 Å². The Bertz CT molecular complexity index is 475. The Hall–Kier alpha value is -2.13. The van der Waals surface area contributed by atoms with Gasteiger partial charge in [0.15, 0.2) is 11.5 Å². The molecule has 1 aromatic rings. The maximum absolute atomic E-state index is 11.4. The van der Waals surface area contributed by atoms with E-state index in [9.17, 15) is 9.90 Å². The number of methoxy groups -OCH3 is 1. The van der Waals surface area contributed by atoms with Crippen LogP contribution in [-0.2, 0) is 9.63 Å². The number of nitrogens with zero attached hydrogens (tertiary/aromatic N) is 1. The molecule has 0 aliphatic heterocycles. The normalized spacial score (nSPS) is 11.0. The Morgan fingerprint density at radius 1 is 1.45 bits per heavy atom. The summed E-state index contributed by atoms with van der Waals surface area (Å²) in [5.41, 5.74) is 0.683. The first kappa shape index (κ1) is 15.9. The predicted octanol–water partition coefficient (Wildman–Crippen LogP) is 0.542. The van der Waals surface area contributed by atoms with Crippen molar-refractivity contribution in [1.82, 2.24) is 10.7 Å². The number of phenolic OH excluding ortho intramolecular Hbond substituents is 1. The van der Waals surface area contributed by atoms with Gasteiger partial charge < -0.3 is 15.2 Å². The lowest BCUT2D eigenvalue weighted by Gasteiger charge is -2.06. The molecule has 8 nitrogen and oxygen atoms in total. The van der Waals surface area contributed by atoms with Gasteiger partial charge in [-0.1, -0.05) is 6.07 Å². The van der Waals surface area contributed by atoms with E-state index >= 15 is 0 Å². The van der Waals surface area contributed by atoms with Crippen molar-refractivity contribution >= 4 is 12.0 Å². The van der Waals surface area contributed by atoms with Gasteiger partial charge in [-0.05, 0) is 23.8 Å². The van der Waals surface area contributed by atoms with E-state index in [1.165, 1.54) is 19.3 Å². The Balaban J connectivity index is 2.45. The van der Waals surface area contributed by atoms with E-state index in [4.69, 9.17) is 15.2 Å². The third-order valence-corrected chi connectivity index (χ3v) is 2.24. The molecule has 0 fully saturated rings. The van der Waals surface area contributed by atoms with Gasteiger partial charge in [0.05, 0.1) is 19.1 Å². The van der Waals surface area contributed by atoms with Gasteiger partial charge in [-0.2, -0.15) is 0 Å². The summed E-state index contributed by atoms with van der Waals surface area (Å²) in [7, 11) is 1.43. The quantitative estimate of drug-likeness (QED) is 0.328. The molecule has 0 saturated heterocycles. The number of rotatable bonds is 7. The highest BCUT2D eigenvalue weighted by Crippen LogP contribution is 2.26. The summed E-state index contributed by atoms with van der Waals surface area (Å²) in [4.78, 5) is 15.7. The molecule has 0 aromatic heterocycles. The molecule has 0 heterocycles. The summed E-state index contributed by atoms with van der Waals surface area (Å²) in [6, 6.07) is 4.67. The van der Waals surface area contributed by atoms with Crippen molar-refractivity contribution in [3.63, 3.8) is 0 Å². The zero-order valence-electron chi connectivity index (χ0n) is 10.8. The maximum atomic E-state index is 11.4. The molecule has 0 spiro atoms. The van der Waals surface area contributed by atoms with Crippen molar-refractivity contribution in [2.75, 3.05) is 20.3 Å². The number of carbonyl (C=O) groups excluding carboxylic acids is 1. The number of hydrogen-bond donors (Lipinski definition) is 4. The molecule has 20 heavy (non-hydrogen) atoms. The molecule has 0 atom stereocenters. The third kappa shape index (κ3) is 5.67. The number of amides is 1. The zero-order valence-corrected chi connectivity index (χ0v) is 10.8. The van der Waals surface area contributed by atoms with Crippen LogP contribution in [0.25, 0.3) is 6.08 Å². The second-order valence-electron chi connectivity index (χ2n) is 3.64. The van der Waals surface area contributed by atoms with Crippen LogP contribution in [0.1, 0.15) is 5.56 Å². The fourth-order valence-electron chi connectivity index (χ4n) is 1.33. The molecule has 1 rings (SSSR count). The van der Waals surface area contributed by atoms with E-state index in [2.05, 4.69) is 10.2 Å². The van der Waals surface area contributed by atoms with Gasteiger partial charge >= 0.3 is 0 Å². The van der Waals surface area contributed by atoms with Crippen LogP contribution >= 0.6 is 0 Å². The minimum atomic E-state index is -0.426. The summed E-state index contributed by atoms with van der Waals surface area (Å²) in [6.07, 6.45) is 2.84. The predicted molar refractivity (Wildman–Crippen MR) is 68.1 cm³/mol. The maximum Gasteiger partial charge on any atom is 0.244 e. The van der Waals surface area contributed by atoms with Crippen LogP contribution in [0.3, 0.4) is 0 Å². The fraction of sp³-hybridized carbons (Fsp3) is 0.250. The number of carbonyl (C=O) groups is 1. The second-order valence-corrected chi connectivity index (χ2v) is 3.64. The molecular formula is C12H16N2O6. The van der Waals surface area contributed by atoms with Crippen molar-refractivity contribution in [3.05, 3.63) is 29.8 Å². The largest absolute Gasteiger partial charge is 0.504 e. The van der Waals surface area contributed by atoms with Crippen LogP contribution in [0.15, 0.2) is 24.3 Å². The summed E-state index contributed by atoms with van der Waals surface area (Å²) in [6.45, 7) is 0.0271. The molecule has 4 N–H and O–H groups in total. The van der Waals surface area contributed by atoms with E-state index in [1.54, 1.807) is 18.2 Å². The molecule has 0 saturated carbocycles. The lowest BCUT2D eigenvalue weighted by Crippen LogP contribution is -2.28. The average Bonchev–Trinajstić information content (AvgIpc) is 2.42. The van der Waals surface area contributed by atoms with Gasteiger partial charge in [0.25, 0.3) is 0 Å². The molecule has 0 aliphatic rings. The van der Waals surface area contributed by atoms with Crippen LogP contribution in [0.5, 0.6) is 11.5 Å². The van der Waals surface area contributed by atoms with Crippen molar-refractivity contribution in [3.8, 4) is 11.5 Å². The van der Waals surface area contributed by atoms with Crippen molar-refractivity contribution in [1.29, 1.82) is 0 Å². The summed E-state index contributed by atoms with van der Waals surface area (Å²) < 4.78 is 4.94. The van der Waals surface area contributed by atoms with Gasteiger partial charge in [-0.25, -0.2) is 4.84 Å². The van der Waals surface area contributed by atoms with E-state index < -0.39 is 5.39 Å². The van der Waals surface area contributed by atoms with Gasteiger partial charge in [-0.3, -0.25) is 15.2 Å². The smallest absolute Gasteiger partial charge is 0.244 e. The topological polar surface area (TPSA) is 111 Å². The zero-order chi connectivity index (χ0) is 15.0. The Labute approximate surface area is 115 Å². The molecule has 0 aliphatic carbocycles. The standard InChI is InChI=1S/C12H16N2O6/c1-19-11-8-9(2-4-10(11)15)3-5-12(16)13-6-7-20-14(17)18/h2-5,8,15,17-18H,6-7H2,1H3,(H,13,16)/b5-3+. The number of hydrogen-bond acceptors (Lipinski definition) is 7. The highest BCUT2D eigenvalue weighted by atomic mass is 17.1. The van der Waals surface area contributed by atoms with Gasteiger partial charge in [0.2, 0.25) is 5.91 Å². The second kappa shape index (κ2) is 8.12. The highest BCUT2D eigenvalue weighted by Gasteiger charge is 2.01. The summed E-state index contributed by atoms with van der Waals surface area (Å²) in [5, 5.41) is 28.0. The minimum Gasteiger partial charge on any atom is -0.504 e. The summed E-state index contributed by atoms with van der Waals surface area (Å²) >= 11 is 0. The van der Waals surface area contributed by atoms with Crippen LogP contribution < -0.4 is 10.1 Å². The van der Waals surface area contributed by atoms with Crippen molar-refractivity contribution < 1.29 is 29.9 Å². The van der Waals surface area contributed by atoms with Gasteiger partial charge in [0, 0.05) is 12.6 Å². The van der Waals surface area contributed by atoms with Crippen LogP contribution in [0, 0.1) is 0 Å². The number of benzene rings is 1. The molecule has 8 heteroatoms. The van der Waals surface area contributed by atoms with Crippen LogP contribution in [0.2, 0.25) is 0 Å². The number of nitrogens with one attached hydrogen (secondary N) is 1. The van der Waals surface area contributed by atoms with Crippen LogP contribution in [0.4, 0.5) is 0 Å². The number of phenols is 1. The van der Waals surface area contributed by atoms with E-state index in [0.29, 0.717) is 11.3 Å². The molecule has 1 aromatic carbocycles. The first-order chi connectivity index (χ1) is 9.52. The van der Waals surface area contributed by atoms with E-state index in [1.807, 2.05) is 0 Å². The molecule has 0 unspecified atom stereocenters. The molecule has 0 bridgehead atoms. The molecule has 110 valence electrons. The molecule has 0 radical (unpaired) electrons. The monoisotopic (exact) mass is 284 g/mol. The Morgan fingerprint density at radius 2 is 2.20 bits per heavy atom. The number of ether oxygens (including phenoxy) is 1. The fourth-order valence-corrected chi connectivity index (χ4v) is 1.33. The SMILES string of the molecule is COc1cc(/C=C/C(=O)NCCON(O)O)ccc1O. The Kier molecular flexibility index (Phi) is 6.47. The summed E-state index contributed by atoms with van der Waals surface area (Å²) in [5.74, 6) is -0.0428. The first-order valence-electron chi connectivity index (χ1n) is 5.66. The number of aromatic hydroxyl groups is 1. The van der Waals surface area contributed by atoms with E-state index in [-0.39, 0.29) is 24.8 Å². The van der Waals surface area contributed by atoms with Crippen molar-refractivity contribution in [2.45, 2.75) is 0 Å². The van der Waals surface area contributed by atoms with E-state index in [0.717, 1.165) is 0 Å². The molecular weight excluding hydrogens is 268 g/mol. The third-order valence-electron chi connectivity index (χ3n) is 2.24. The van der Waals surface area contributed by atoms with Crippen LogP contribution in [-0.4, -0.2) is 47.1 Å². The lowest BCUT2D eigenvalue weighted by atomic mass is 10.2. The van der Waals surface area contributed by atoms with Gasteiger partial charge in [0.1, 0.15) is 0 Å². The Morgan fingerprint density at radius 3 is 2.85 bits per heavy atom. The highest BCUT2D eigenvalue weighted by molar-refractivity contribution is 5.91. The first-order valence-corrected chi connectivity index (χ1v) is 5.66. The lowest BCUT2D eigenvalue weighted by molar-refractivity contribution is -0.491. The average molecular weight is 284 g/mol.